The molecule has 0 aliphatic carbocycles. The Kier molecular flexibility index (Phi) is 7.91. The molecule has 1 rings (SSSR count). The number of nitrogens with one attached hydrogen (secondary N) is 1. The number of hydrogen-bond donors (Lipinski definition) is 4. The van der Waals surface area contributed by atoms with Crippen LogP contribution in [-0.4, -0.2) is 34.5 Å². The van der Waals surface area contributed by atoms with Gasteiger partial charge in [0.15, 0.2) is 0 Å². The molecule has 0 fully saturated rings. The van der Waals surface area contributed by atoms with Gasteiger partial charge in [-0.3, -0.25) is 10.0 Å². The maximum atomic E-state index is 10.8. The predicted octanol–water partition coefficient (Wildman–Crippen LogP) is 1.34. The highest BCUT2D eigenvalue weighted by Crippen LogP contribution is 2.24. The van der Waals surface area contributed by atoms with Crippen LogP contribution in [0.1, 0.15) is 18.6 Å². The van der Waals surface area contributed by atoms with Gasteiger partial charge >= 0.3 is 0 Å². The Morgan fingerprint density at radius 3 is 2.59 bits per heavy atom. The molecule has 0 radical (unpaired) electrons. The standard InChI is InChI=1S/C16H21NO5/c1-12(4-2-3-5-15(19)17-21)16(20)13-6-8-14(9-7-13)22-11-10-18/h2-9,12,16,18,20-21H,10-11H2,1H3,(H,17,19)/b4-2+,5-3+/t12-,16+/m1/s1. The summed E-state index contributed by atoms with van der Waals surface area (Å²) in [5, 5.41) is 27.2. The van der Waals surface area contributed by atoms with E-state index in [1.165, 1.54) is 17.6 Å². The van der Waals surface area contributed by atoms with Crippen LogP contribution in [0, 0.1) is 5.92 Å². The van der Waals surface area contributed by atoms with Crippen molar-refractivity contribution in [3.63, 3.8) is 0 Å². The van der Waals surface area contributed by atoms with Gasteiger partial charge in [0, 0.05) is 12.0 Å². The Labute approximate surface area is 129 Å². The van der Waals surface area contributed by atoms with Gasteiger partial charge in [0.25, 0.3) is 5.91 Å². The molecule has 22 heavy (non-hydrogen) atoms. The topological polar surface area (TPSA) is 99.0 Å². The summed E-state index contributed by atoms with van der Waals surface area (Å²) in [6.07, 6.45) is 5.33. The second kappa shape index (κ2) is 9.73. The van der Waals surface area contributed by atoms with E-state index >= 15 is 0 Å². The molecular weight excluding hydrogens is 286 g/mol. The van der Waals surface area contributed by atoms with Gasteiger partial charge in [-0.25, -0.2) is 5.48 Å². The van der Waals surface area contributed by atoms with Crippen molar-refractivity contribution >= 4 is 5.91 Å². The number of rotatable bonds is 8. The van der Waals surface area contributed by atoms with E-state index in [-0.39, 0.29) is 19.1 Å². The van der Waals surface area contributed by atoms with Crippen molar-refractivity contribution in [2.45, 2.75) is 13.0 Å². The van der Waals surface area contributed by atoms with Gasteiger partial charge in [-0.2, -0.15) is 0 Å². The second-order valence-electron chi connectivity index (χ2n) is 4.67. The van der Waals surface area contributed by atoms with Gasteiger partial charge < -0.3 is 14.9 Å². The summed E-state index contributed by atoms with van der Waals surface area (Å²) in [6.45, 7) is 2.03. The Bertz CT molecular complexity index is 510. The third kappa shape index (κ3) is 6.09. The van der Waals surface area contributed by atoms with Crippen LogP contribution in [0.5, 0.6) is 5.75 Å². The summed E-state index contributed by atoms with van der Waals surface area (Å²) in [5.41, 5.74) is 2.23. The van der Waals surface area contributed by atoms with Gasteiger partial charge in [-0.05, 0) is 17.7 Å². The minimum atomic E-state index is -0.691. The molecule has 0 aliphatic rings. The Balaban J connectivity index is 2.58. The number of carbonyl (C=O) groups is 1. The fourth-order valence-electron chi connectivity index (χ4n) is 1.75. The number of ether oxygens (including phenoxy) is 1. The first-order valence-corrected chi connectivity index (χ1v) is 6.89. The van der Waals surface area contributed by atoms with E-state index < -0.39 is 12.0 Å². The van der Waals surface area contributed by atoms with Crippen molar-refractivity contribution in [2.75, 3.05) is 13.2 Å². The summed E-state index contributed by atoms with van der Waals surface area (Å²) in [5.74, 6) is -0.145. The summed E-state index contributed by atoms with van der Waals surface area (Å²) < 4.78 is 5.25. The number of hydrogen-bond acceptors (Lipinski definition) is 5. The molecule has 1 aromatic rings. The molecule has 6 heteroatoms. The lowest BCUT2D eigenvalue weighted by atomic mass is 9.97. The van der Waals surface area contributed by atoms with Crippen LogP contribution in [0.2, 0.25) is 0 Å². The van der Waals surface area contributed by atoms with E-state index in [0.717, 1.165) is 5.56 Å². The fourth-order valence-corrected chi connectivity index (χ4v) is 1.75. The quantitative estimate of drug-likeness (QED) is 0.251. The van der Waals surface area contributed by atoms with Gasteiger partial charge in [0.1, 0.15) is 12.4 Å². The van der Waals surface area contributed by atoms with Gasteiger partial charge in [0.2, 0.25) is 0 Å². The van der Waals surface area contributed by atoms with E-state index in [4.69, 9.17) is 15.1 Å². The summed E-state index contributed by atoms with van der Waals surface area (Å²) in [6, 6.07) is 6.99. The van der Waals surface area contributed by atoms with Crippen molar-refractivity contribution in [1.82, 2.24) is 5.48 Å². The minimum absolute atomic E-state index is 0.0476. The first-order valence-electron chi connectivity index (χ1n) is 6.89. The number of aliphatic hydroxyl groups excluding tert-OH is 2. The number of allylic oxidation sites excluding steroid dienone is 2. The summed E-state index contributed by atoms with van der Waals surface area (Å²) >= 11 is 0. The van der Waals surface area contributed by atoms with Crippen molar-refractivity contribution < 1.29 is 25.0 Å². The normalized spacial score (nSPS) is 14.2. The molecule has 0 spiro atoms. The van der Waals surface area contributed by atoms with Gasteiger partial charge in [-0.15, -0.1) is 0 Å². The molecule has 1 aromatic carbocycles. The van der Waals surface area contributed by atoms with Crippen LogP contribution in [0.15, 0.2) is 48.6 Å². The molecule has 0 aromatic heterocycles. The molecule has 2 atom stereocenters. The third-order valence-corrected chi connectivity index (χ3v) is 2.96. The maximum Gasteiger partial charge on any atom is 0.267 e. The van der Waals surface area contributed by atoms with Crippen LogP contribution < -0.4 is 10.2 Å². The largest absolute Gasteiger partial charge is 0.491 e. The monoisotopic (exact) mass is 307 g/mol. The number of aliphatic hydroxyl groups is 2. The van der Waals surface area contributed by atoms with Crippen LogP contribution in [0.3, 0.4) is 0 Å². The Hall–Kier alpha value is -2.15. The molecule has 0 saturated carbocycles. The number of benzene rings is 1. The molecule has 0 aliphatic heterocycles. The molecular formula is C16H21NO5. The summed E-state index contributed by atoms with van der Waals surface area (Å²) in [7, 11) is 0. The van der Waals surface area contributed by atoms with Crippen LogP contribution in [-0.2, 0) is 4.79 Å². The number of amides is 1. The maximum absolute atomic E-state index is 10.8. The first kappa shape index (κ1) is 17.9. The highest BCUT2D eigenvalue weighted by molar-refractivity contribution is 5.86. The Morgan fingerprint density at radius 1 is 1.32 bits per heavy atom. The van der Waals surface area contributed by atoms with Crippen molar-refractivity contribution in [3.8, 4) is 5.75 Å². The number of carbonyl (C=O) groups excluding carboxylic acids is 1. The van der Waals surface area contributed by atoms with Gasteiger partial charge in [0.05, 0.1) is 12.7 Å². The molecule has 6 nitrogen and oxygen atoms in total. The first-order chi connectivity index (χ1) is 10.6. The molecule has 0 unspecified atom stereocenters. The average molecular weight is 307 g/mol. The van der Waals surface area contributed by atoms with Gasteiger partial charge in [-0.1, -0.05) is 37.3 Å². The summed E-state index contributed by atoms with van der Waals surface area (Å²) in [4.78, 5) is 10.8. The van der Waals surface area contributed by atoms with Crippen molar-refractivity contribution in [3.05, 3.63) is 54.1 Å². The zero-order valence-corrected chi connectivity index (χ0v) is 12.3. The van der Waals surface area contributed by atoms with E-state index in [1.54, 1.807) is 36.4 Å². The zero-order chi connectivity index (χ0) is 16.4. The lowest BCUT2D eigenvalue weighted by molar-refractivity contribution is -0.124. The molecule has 120 valence electrons. The van der Waals surface area contributed by atoms with E-state index in [1.807, 2.05) is 6.92 Å². The van der Waals surface area contributed by atoms with E-state index in [9.17, 15) is 9.90 Å². The fraction of sp³-hybridized carbons (Fsp3) is 0.312. The average Bonchev–Trinajstić information content (AvgIpc) is 2.56. The molecule has 0 saturated heterocycles. The predicted molar refractivity (Wildman–Crippen MR) is 81.4 cm³/mol. The smallest absolute Gasteiger partial charge is 0.267 e. The molecule has 1 amide bonds. The zero-order valence-electron chi connectivity index (χ0n) is 12.3. The second-order valence-corrected chi connectivity index (χ2v) is 4.67. The SMILES string of the molecule is C[C@H](/C=C/C=C/C(=O)NO)[C@H](O)c1ccc(OCCO)cc1. The molecule has 0 heterocycles. The molecule has 0 bridgehead atoms. The molecule has 4 N–H and O–H groups in total. The van der Waals surface area contributed by atoms with E-state index in [0.29, 0.717) is 5.75 Å². The van der Waals surface area contributed by atoms with Crippen LogP contribution in [0.25, 0.3) is 0 Å². The lowest BCUT2D eigenvalue weighted by Crippen LogP contribution is -2.14. The van der Waals surface area contributed by atoms with Crippen LogP contribution >= 0.6 is 0 Å². The Morgan fingerprint density at radius 2 is 2.00 bits per heavy atom. The highest BCUT2D eigenvalue weighted by Gasteiger charge is 2.13. The number of hydroxylamine groups is 1. The van der Waals surface area contributed by atoms with Crippen molar-refractivity contribution in [2.24, 2.45) is 5.92 Å². The van der Waals surface area contributed by atoms with Crippen molar-refractivity contribution in [1.29, 1.82) is 0 Å². The minimum Gasteiger partial charge on any atom is -0.491 e. The highest BCUT2D eigenvalue weighted by atomic mass is 16.5. The van der Waals surface area contributed by atoms with E-state index in [2.05, 4.69) is 0 Å². The van der Waals surface area contributed by atoms with Crippen LogP contribution in [0.4, 0.5) is 0 Å². The third-order valence-electron chi connectivity index (χ3n) is 2.96. The lowest BCUT2D eigenvalue weighted by Gasteiger charge is -2.16.